The second-order valence-corrected chi connectivity index (χ2v) is 8.75. The van der Waals surface area contributed by atoms with Crippen LogP contribution in [0, 0.1) is 0 Å². The van der Waals surface area contributed by atoms with Gasteiger partial charge in [0.1, 0.15) is 0 Å². The van der Waals surface area contributed by atoms with Gasteiger partial charge in [-0.3, -0.25) is 4.98 Å². The van der Waals surface area contributed by atoms with Crippen molar-refractivity contribution in [1.82, 2.24) is 4.98 Å². The van der Waals surface area contributed by atoms with Crippen molar-refractivity contribution >= 4 is 18.7 Å². The summed E-state index contributed by atoms with van der Waals surface area (Å²) in [5.74, 6) is 0. The van der Waals surface area contributed by atoms with E-state index in [2.05, 4.69) is 4.98 Å². The van der Waals surface area contributed by atoms with Crippen LogP contribution in [-0.4, -0.2) is 19.2 Å². The zero-order chi connectivity index (χ0) is 10.4. The van der Waals surface area contributed by atoms with E-state index >= 15 is 0 Å². The highest BCUT2D eigenvalue weighted by molar-refractivity contribution is 7.16. The minimum absolute atomic E-state index is 0.703. The van der Waals surface area contributed by atoms with E-state index < -0.39 is 7.63 Å². The van der Waals surface area contributed by atoms with Gasteiger partial charge in [0.25, 0.3) is 7.63 Å². The van der Waals surface area contributed by atoms with E-state index in [1.54, 1.807) is 0 Å². The molecule has 1 aromatic heterocycles. The molecule has 0 aliphatic heterocycles. The van der Waals surface area contributed by atoms with Gasteiger partial charge in [0.2, 0.25) is 0 Å². The Kier molecular flexibility index (Phi) is 4.58. The van der Waals surface area contributed by atoms with Crippen molar-refractivity contribution in [1.29, 1.82) is 0 Å². The third-order valence-corrected chi connectivity index (χ3v) is 4.93. The molecule has 78 valence electrons. The molecule has 0 amide bonds. The quantitative estimate of drug-likeness (QED) is 0.572. The first-order valence-corrected chi connectivity index (χ1v) is 8.49. The van der Waals surface area contributed by atoms with Gasteiger partial charge < -0.3 is 4.43 Å². The molecule has 2 nitrogen and oxygen atoms in total. The first-order valence-electron chi connectivity index (χ1n) is 4.87. The molecule has 0 N–H and O–H groups in total. The van der Waals surface area contributed by atoms with Gasteiger partial charge in [-0.05, 0) is 38.1 Å². The number of nitrogens with zero attached hydrogens (tertiary/aromatic N) is 1. The SMILES string of the molecule is CCO[Si](C)(Cl)CCc1ccccn1. The van der Waals surface area contributed by atoms with Crippen LogP contribution < -0.4 is 0 Å². The van der Waals surface area contributed by atoms with E-state index in [4.69, 9.17) is 15.5 Å². The van der Waals surface area contributed by atoms with Crippen LogP contribution in [0.5, 0.6) is 0 Å². The average Bonchev–Trinajstić information content (AvgIpc) is 2.17. The third kappa shape index (κ3) is 4.22. The van der Waals surface area contributed by atoms with E-state index in [0.29, 0.717) is 6.61 Å². The van der Waals surface area contributed by atoms with Crippen LogP contribution in [0.25, 0.3) is 0 Å². The molecular formula is C10H16ClNOSi. The van der Waals surface area contributed by atoms with Crippen LogP contribution in [0.2, 0.25) is 12.6 Å². The van der Waals surface area contributed by atoms with Crippen molar-refractivity contribution in [3.8, 4) is 0 Å². The lowest BCUT2D eigenvalue weighted by atomic mass is 10.3. The van der Waals surface area contributed by atoms with Crippen molar-refractivity contribution < 1.29 is 4.43 Å². The maximum Gasteiger partial charge on any atom is 0.287 e. The zero-order valence-corrected chi connectivity index (χ0v) is 10.4. The summed E-state index contributed by atoms with van der Waals surface area (Å²) in [5.41, 5.74) is 1.09. The summed E-state index contributed by atoms with van der Waals surface area (Å²) in [7, 11) is -1.95. The molecule has 0 aliphatic rings. The van der Waals surface area contributed by atoms with Gasteiger partial charge in [0.05, 0.1) is 0 Å². The lowest BCUT2D eigenvalue weighted by molar-refractivity contribution is 0.338. The van der Waals surface area contributed by atoms with Crippen LogP contribution in [0.15, 0.2) is 24.4 Å². The molecule has 0 saturated heterocycles. The fourth-order valence-electron chi connectivity index (χ4n) is 1.27. The van der Waals surface area contributed by atoms with Crippen molar-refractivity contribution in [2.24, 2.45) is 0 Å². The summed E-state index contributed by atoms with van der Waals surface area (Å²) in [5, 5.41) is 0. The van der Waals surface area contributed by atoms with Crippen LogP contribution in [-0.2, 0) is 10.8 Å². The summed E-state index contributed by atoms with van der Waals surface area (Å²) >= 11 is 6.28. The standard InChI is InChI=1S/C10H16ClNOSi/c1-3-13-14(2,11)9-7-10-6-4-5-8-12-10/h4-6,8H,3,7,9H2,1-2H3. The predicted octanol–water partition coefficient (Wildman–Crippen LogP) is 2.97. The molecule has 1 rings (SSSR count). The lowest BCUT2D eigenvalue weighted by Gasteiger charge is -2.18. The Balaban J connectivity index is 2.40. The van der Waals surface area contributed by atoms with Gasteiger partial charge >= 0.3 is 0 Å². The minimum atomic E-state index is -1.95. The smallest absolute Gasteiger partial charge is 0.287 e. The Morgan fingerprint density at radius 2 is 2.29 bits per heavy atom. The summed E-state index contributed by atoms with van der Waals surface area (Å²) in [4.78, 5) is 4.25. The maximum atomic E-state index is 6.28. The maximum absolute atomic E-state index is 6.28. The molecule has 0 aromatic carbocycles. The van der Waals surface area contributed by atoms with Gasteiger partial charge in [-0.25, -0.2) is 0 Å². The molecule has 4 heteroatoms. The fraction of sp³-hybridized carbons (Fsp3) is 0.500. The van der Waals surface area contributed by atoms with Crippen molar-refractivity contribution in [3.05, 3.63) is 30.1 Å². The lowest BCUT2D eigenvalue weighted by Crippen LogP contribution is -2.27. The molecule has 1 aromatic rings. The Morgan fingerprint density at radius 3 is 2.86 bits per heavy atom. The van der Waals surface area contributed by atoms with Crippen molar-refractivity contribution in [2.45, 2.75) is 25.9 Å². The molecule has 0 fully saturated rings. The average molecular weight is 230 g/mol. The summed E-state index contributed by atoms with van der Waals surface area (Å²) in [6.07, 6.45) is 2.72. The fourth-order valence-corrected chi connectivity index (χ4v) is 3.33. The molecule has 0 saturated carbocycles. The highest BCUT2D eigenvalue weighted by Gasteiger charge is 2.25. The monoisotopic (exact) mass is 229 g/mol. The normalized spacial score (nSPS) is 15.1. The first-order chi connectivity index (χ1) is 6.64. The highest BCUT2D eigenvalue weighted by Crippen LogP contribution is 2.18. The minimum Gasteiger partial charge on any atom is -0.403 e. The second-order valence-electron chi connectivity index (χ2n) is 3.36. The Labute approximate surface area is 91.1 Å². The van der Waals surface area contributed by atoms with Crippen molar-refractivity contribution in [3.63, 3.8) is 0 Å². The molecule has 0 spiro atoms. The van der Waals surface area contributed by atoms with E-state index in [-0.39, 0.29) is 0 Å². The number of halogens is 1. The number of hydrogen-bond donors (Lipinski definition) is 0. The first kappa shape index (κ1) is 11.7. The van der Waals surface area contributed by atoms with Crippen LogP contribution in [0.4, 0.5) is 0 Å². The Hall–Kier alpha value is -0.383. The molecule has 1 atom stereocenters. The number of rotatable bonds is 5. The van der Waals surface area contributed by atoms with E-state index in [1.807, 2.05) is 37.9 Å². The van der Waals surface area contributed by atoms with Gasteiger partial charge in [-0.15, -0.1) is 11.1 Å². The number of hydrogen-bond acceptors (Lipinski definition) is 2. The zero-order valence-electron chi connectivity index (χ0n) is 8.66. The molecule has 0 radical (unpaired) electrons. The second kappa shape index (κ2) is 5.49. The topological polar surface area (TPSA) is 22.1 Å². The Bertz CT molecular complexity index is 266. The van der Waals surface area contributed by atoms with Gasteiger partial charge in [-0.2, -0.15) is 0 Å². The van der Waals surface area contributed by atoms with Crippen molar-refractivity contribution in [2.75, 3.05) is 6.61 Å². The molecule has 1 heterocycles. The molecule has 0 aliphatic carbocycles. The van der Waals surface area contributed by atoms with E-state index in [1.165, 1.54) is 0 Å². The van der Waals surface area contributed by atoms with E-state index in [9.17, 15) is 0 Å². The number of aromatic nitrogens is 1. The summed E-state index contributed by atoms with van der Waals surface area (Å²) < 4.78 is 5.53. The van der Waals surface area contributed by atoms with Crippen LogP contribution in [0.1, 0.15) is 12.6 Å². The van der Waals surface area contributed by atoms with E-state index in [0.717, 1.165) is 18.2 Å². The van der Waals surface area contributed by atoms with Gasteiger partial charge in [0, 0.05) is 18.5 Å². The molecule has 14 heavy (non-hydrogen) atoms. The number of pyridine rings is 1. The highest BCUT2D eigenvalue weighted by atomic mass is 35.6. The summed E-state index contributed by atoms with van der Waals surface area (Å²) in [6.45, 7) is 4.71. The van der Waals surface area contributed by atoms with Gasteiger partial charge in [0.15, 0.2) is 0 Å². The molecular weight excluding hydrogens is 214 g/mol. The summed E-state index contributed by atoms with van der Waals surface area (Å²) in [6, 6.07) is 6.85. The molecule has 1 unspecified atom stereocenters. The Morgan fingerprint density at radius 1 is 1.50 bits per heavy atom. The largest absolute Gasteiger partial charge is 0.403 e. The van der Waals surface area contributed by atoms with Crippen LogP contribution in [0.3, 0.4) is 0 Å². The van der Waals surface area contributed by atoms with Gasteiger partial charge in [-0.1, -0.05) is 6.07 Å². The van der Waals surface area contributed by atoms with Crippen LogP contribution >= 0.6 is 11.1 Å². The predicted molar refractivity (Wildman–Crippen MR) is 61.8 cm³/mol. The third-order valence-electron chi connectivity index (χ3n) is 2.00. The number of aryl methyl sites for hydroxylation is 1. The molecule has 0 bridgehead atoms.